The second-order valence-electron chi connectivity index (χ2n) is 5.12. The molecule has 0 unspecified atom stereocenters. The summed E-state index contributed by atoms with van der Waals surface area (Å²) in [5.41, 5.74) is 1.70. The van der Waals surface area contributed by atoms with E-state index in [1.807, 2.05) is 6.92 Å². The highest BCUT2D eigenvalue weighted by molar-refractivity contribution is 5.94. The summed E-state index contributed by atoms with van der Waals surface area (Å²) in [6, 6.07) is 2.94. The van der Waals surface area contributed by atoms with E-state index in [-0.39, 0.29) is 11.7 Å². The summed E-state index contributed by atoms with van der Waals surface area (Å²) >= 11 is 0. The van der Waals surface area contributed by atoms with Gasteiger partial charge in [0.15, 0.2) is 0 Å². The van der Waals surface area contributed by atoms with Crippen molar-refractivity contribution in [3.8, 4) is 0 Å². The van der Waals surface area contributed by atoms with E-state index in [2.05, 4.69) is 29.0 Å². The molecule has 22 heavy (non-hydrogen) atoms. The highest BCUT2D eigenvalue weighted by Gasteiger charge is 2.18. The minimum absolute atomic E-state index is 0.206. The van der Waals surface area contributed by atoms with Gasteiger partial charge >= 0.3 is 0 Å². The van der Waals surface area contributed by atoms with Crippen LogP contribution in [0.15, 0.2) is 18.3 Å². The van der Waals surface area contributed by atoms with Gasteiger partial charge in [-0.25, -0.2) is 9.37 Å². The lowest BCUT2D eigenvalue weighted by Gasteiger charge is -2.18. The summed E-state index contributed by atoms with van der Waals surface area (Å²) in [6.45, 7) is 9.38. The van der Waals surface area contributed by atoms with Crippen LogP contribution in [0.3, 0.4) is 0 Å². The molecule has 0 saturated heterocycles. The number of hydrogen-bond acceptors (Lipinski definition) is 3. The van der Waals surface area contributed by atoms with E-state index in [0.717, 1.165) is 19.6 Å². The van der Waals surface area contributed by atoms with E-state index in [1.54, 1.807) is 6.07 Å². The zero-order valence-corrected chi connectivity index (χ0v) is 13.4. The summed E-state index contributed by atoms with van der Waals surface area (Å²) in [4.78, 5) is 19.1. The minimum Gasteiger partial charge on any atom is -0.349 e. The van der Waals surface area contributed by atoms with E-state index in [1.165, 1.54) is 16.7 Å². The van der Waals surface area contributed by atoms with Gasteiger partial charge in [-0.2, -0.15) is 0 Å². The van der Waals surface area contributed by atoms with Crippen LogP contribution in [-0.4, -0.2) is 46.4 Å². The van der Waals surface area contributed by atoms with Crippen molar-refractivity contribution >= 4 is 11.6 Å². The van der Waals surface area contributed by atoms with E-state index in [0.29, 0.717) is 30.0 Å². The van der Waals surface area contributed by atoms with Gasteiger partial charge in [-0.1, -0.05) is 20.8 Å². The van der Waals surface area contributed by atoms with Gasteiger partial charge < -0.3 is 10.2 Å². The van der Waals surface area contributed by atoms with Crippen molar-refractivity contribution in [3.63, 3.8) is 0 Å². The Morgan fingerprint density at radius 2 is 2.05 bits per heavy atom. The number of carbonyl (C=O) groups excluding carboxylic acids is 1. The molecule has 120 valence electrons. The Bertz CT molecular complexity index is 649. The van der Waals surface area contributed by atoms with Crippen molar-refractivity contribution in [1.29, 1.82) is 0 Å². The molecule has 1 amide bonds. The Morgan fingerprint density at radius 1 is 1.32 bits per heavy atom. The number of aromatic nitrogens is 2. The first-order chi connectivity index (χ1) is 10.6. The van der Waals surface area contributed by atoms with E-state index in [4.69, 9.17) is 0 Å². The van der Waals surface area contributed by atoms with Crippen molar-refractivity contribution in [2.75, 3.05) is 26.2 Å². The van der Waals surface area contributed by atoms with Crippen LogP contribution in [-0.2, 0) is 6.42 Å². The molecular formula is C16H23FN4O. The molecular weight excluding hydrogens is 283 g/mol. The molecule has 0 aliphatic carbocycles. The maximum atomic E-state index is 13.5. The fourth-order valence-corrected chi connectivity index (χ4v) is 2.51. The van der Waals surface area contributed by atoms with E-state index in [9.17, 15) is 9.18 Å². The van der Waals surface area contributed by atoms with Gasteiger partial charge in [0, 0.05) is 19.3 Å². The third kappa shape index (κ3) is 3.44. The molecule has 0 atom stereocenters. The maximum Gasteiger partial charge on any atom is 0.270 e. The number of nitrogens with zero attached hydrogens (tertiary/aromatic N) is 3. The van der Waals surface area contributed by atoms with Crippen LogP contribution in [0.1, 0.15) is 37.0 Å². The van der Waals surface area contributed by atoms with Crippen LogP contribution in [0.5, 0.6) is 0 Å². The van der Waals surface area contributed by atoms with Gasteiger partial charge in [-0.3, -0.25) is 9.20 Å². The lowest BCUT2D eigenvalue weighted by molar-refractivity contribution is 0.0942. The first-order valence-electron chi connectivity index (χ1n) is 7.77. The number of imidazole rings is 1. The average Bonchev–Trinajstić information content (AvgIpc) is 2.89. The molecule has 0 aromatic carbocycles. The predicted octanol–water partition coefficient (Wildman–Crippen LogP) is 2.11. The molecule has 6 heteroatoms. The number of likely N-dealkylation sites (N-methyl/N-ethyl adjacent to an activating group) is 1. The highest BCUT2D eigenvalue weighted by atomic mass is 19.1. The Balaban J connectivity index is 2.18. The van der Waals surface area contributed by atoms with Crippen molar-refractivity contribution < 1.29 is 9.18 Å². The standard InChI is InChI=1S/C16H23FN4O/c1-4-13-15(16(22)18-9-10-20(5-2)6-3)21-11-12(17)7-8-14(21)19-13/h7-8,11H,4-6,9-10H2,1-3H3,(H,18,22). The van der Waals surface area contributed by atoms with Gasteiger partial charge in [-0.15, -0.1) is 0 Å². The first kappa shape index (κ1) is 16.4. The van der Waals surface area contributed by atoms with Crippen LogP contribution < -0.4 is 5.32 Å². The lowest BCUT2D eigenvalue weighted by atomic mass is 10.2. The second kappa shape index (κ2) is 7.35. The topological polar surface area (TPSA) is 49.6 Å². The van der Waals surface area contributed by atoms with Crippen molar-refractivity contribution in [1.82, 2.24) is 19.6 Å². The molecule has 5 nitrogen and oxygen atoms in total. The molecule has 0 radical (unpaired) electrons. The molecule has 2 aromatic heterocycles. The van der Waals surface area contributed by atoms with Crippen molar-refractivity contribution in [2.45, 2.75) is 27.2 Å². The number of halogens is 1. The molecule has 2 rings (SSSR count). The molecule has 2 heterocycles. The van der Waals surface area contributed by atoms with E-state index >= 15 is 0 Å². The fourth-order valence-electron chi connectivity index (χ4n) is 2.51. The summed E-state index contributed by atoms with van der Waals surface area (Å²) in [5, 5.41) is 2.91. The molecule has 0 spiro atoms. The van der Waals surface area contributed by atoms with Crippen molar-refractivity contribution in [2.24, 2.45) is 0 Å². The third-order valence-electron chi connectivity index (χ3n) is 3.81. The number of pyridine rings is 1. The average molecular weight is 306 g/mol. The number of aryl methyl sites for hydroxylation is 1. The van der Waals surface area contributed by atoms with Crippen LogP contribution in [0.4, 0.5) is 4.39 Å². The number of rotatable bonds is 7. The van der Waals surface area contributed by atoms with E-state index < -0.39 is 0 Å². The zero-order chi connectivity index (χ0) is 16.1. The van der Waals surface area contributed by atoms with Gasteiger partial charge in [0.05, 0.1) is 5.69 Å². The summed E-state index contributed by atoms with van der Waals surface area (Å²) in [5.74, 6) is -0.591. The molecule has 0 saturated carbocycles. The third-order valence-corrected chi connectivity index (χ3v) is 3.81. The van der Waals surface area contributed by atoms with Gasteiger partial charge in [-0.05, 0) is 31.6 Å². The first-order valence-corrected chi connectivity index (χ1v) is 7.77. The largest absolute Gasteiger partial charge is 0.349 e. The Morgan fingerprint density at radius 3 is 2.68 bits per heavy atom. The predicted molar refractivity (Wildman–Crippen MR) is 84.6 cm³/mol. The summed E-state index contributed by atoms with van der Waals surface area (Å²) in [6.07, 6.45) is 1.93. The molecule has 2 aromatic rings. The van der Waals surface area contributed by atoms with Crippen LogP contribution in [0, 0.1) is 5.82 Å². The quantitative estimate of drug-likeness (QED) is 0.852. The zero-order valence-electron chi connectivity index (χ0n) is 13.4. The number of carbonyl (C=O) groups is 1. The summed E-state index contributed by atoms with van der Waals surface area (Å²) < 4.78 is 15.0. The monoisotopic (exact) mass is 306 g/mol. The number of nitrogens with one attached hydrogen (secondary N) is 1. The number of amides is 1. The Labute approximate surface area is 130 Å². The molecule has 0 aliphatic heterocycles. The Hall–Kier alpha value is -1.95. The van der Waals surface area contributed by atoms with Gasteiger partial charge in [0.2, 0.25) is 0 Å². The van der Waals surface area contributed by atoms with Gasteiger partial charge in [0.1, 0.15) is 17.2 Å². The number of fused-ring (bicyclic) bond motifs is 1. The number of hydrogen-bond donors (Lipinski definition) is 1. The summed E-state index contributed by atoms with van der Waals surface area (Å²) in [7, 11) is 0. The minimum atomic E-state index is -0.384. The molecule has 0 bridgehead atoms. The second-order valence-corrected chi connectivity index (χ2v) is 5.12. The Kier molecular flexibility index (Phi) is 5.49. The maximum absolute atomic E-state index is 13.5. The van der Waals surface area contributed by atoms with Crippen LogP contribution in [0.25, 0.3) is 5.65 Å². The smallest absolute Gasteiger partial charge is 0.270 e. The molecule has 1 N–H and O–H groups in total. The van der Waals surface area contributed by atoms with Crippen LogP contribution >= 0.6 is 0 Å². The fraction of sp³-hybridized carbons (Fsp3) is 0.500. The highest BCUT2D eigenvalue weighted by Crippen LogP contribution is 2.14. The normalized spacial score (nSPS) is 11.3. The SMILES string of the molecule is CCc1nc2ccc(F)cn2c1C(=O)NCCN(CC)CC. The van der Waals surface area contributed by atoms with Gasteiger partial charge in [0.25, 0.3) is 5.91 Å². The van der Waals surface area contributed by atoms with Crippen LogP contribution in [0.2, 0.25) is 0 Å². The molecule has 0 fully saturated rings. The van der Waals surface area contributed by atoms with Crippen molar-refractivity contribution in [3.05, 3.63) is 35.5 Å². The molecule has 0 aliphatic rings. The lowest BCUT2D eigenvalue weighted by Crippen LogP contribution is -2.35.